The molecule has 0 atom stereocenters. The quantitative estimate of drug-likeness (QED) is 0.420. The summed E-state index contributed by atoms with van der Waals surface area (Å²) in [5.74, 6) is -0.845. The highest BCUT2D eigenvalue weighted by molar-refractivity contribution is 6.05. The van der Waals surface area contributed by atoms with Crippen LogP contribution in [0.3, 0.4) is 0 Å². The summed E-state index contributed by atoms with van der Waals surface area (Å²) in [4.78, 5) is 38.5. The molecule has 0 fully saturated rings. The fourth-order valence-corrected chi connectivity index (χ4v) is 3.00. The lowest BCUT2D eigenvalue weighted by atomic mass is 10.0. The molecule has 4 aromatic rings. The minimum atomic E-state index is -0.745. The highest BCUT2D eigenvalue weighted by atomic mass is 16.4. The minimum Gasteiger partial charge on any atom is -0.481 e. The molecule has 1 amide bonds. The molecule has 2 aromatic heterocycles. The molecule has 2 heterocycles. The molecule has 148 valence electrons. The van der Waals surface area contributed by atoms with Crippen molar-refractivity contribution < 1.29 is 14.7 Å². The van der Waals surface area contributed by atoms with Crippen molar-refractivity contribution in [3.63, 3.8) is 0 Å². The number of hydrogen-bond acceptors (Lipinski definition) is 3. The smallest absolute Gasteiger partial charge is 0.303 e. The number of H-pyrrole nitrogens is 2. The van der Waals surface area contributed by atoms with Crippen LogP contribution >= 0.6 is 0 Å². The maximum atomic E-state index is 12.0. The predicted molar refractivity (Wildman–Crippen MR) is 114 cm³/mol. The fraction of sp³-hybridized carbons (Fsp3) is 0.136. The van der Waals surface area contributed by atoms with E-state index in [1.165, 1.54) is 6.92 Å². The second-order valence-electron chi connectivity index (χ2n) is 6.49. The zero-order chi connectivity index (χ0) is 21.0. The summed E-state index contributed by atoms with van der Waals surface area (Å²) in [7, 11) is 0. The number of rotatable bonds is 3. The van der Waals surface area contributed by atoms with Gasteiger partial charge in [0.15, 0.2) is 0 Å². The van der Waals surface area contributed by atoms with Crippen molar-refractivity contribution in [3.05, 3.63) is 65.1 Å². The van der Waals surface area contributed by atoms with Gasteiger partial charge in [-0.1, -0.05) is 25.1 Å². The number of hydrogen-bond donors (Lipinski definition) is 4. The van der Waals surface area contributed by atoms with Crippen molar-refractivity contribution >= 4 is 39.4 Å². The third kappa shape index (κ3) is 4.52. The van der Waals surface area contributed by atoms with E-state index in [-0.39, 0.29) is 17.9 Å². The van der Waals surface area contributed by atoms with Gasteiger partial charge in [0.25, 0.3) is 5.56 Å². The highest BCUT2D eigenvalue weighted by Gasteiger charge is 2.08. The molecule has 0 radical (unpaired) electrons. The van der Waals surface area contributed by atoms with Crippen LogP contribution in [0.1, 0.15) is 20.3 Å². The van der Waals surface area contributed by atoms with Crippen LogP contribution in [0.4, 0.5) is 5.69 Å². The second kappa shape index (κ2) is 8.43. The lowest BCUT2D eigenvalue weighted by Gasteiger charge is -2.08. The third-order valence-electron chi connectivity index (χ3n) is 4.35. The Bertz CT molecular complexity index is 1250. The normalized spacial score (nSPS) is 10.4. The van der Waals surface area contributed by atoms with Gasteiger partial charge < -0.3 is 20.4 Å². The summed E-state index contributed by atoms with van der Waals surface area (Å²) in [6.07, 6.45) is 1.99. The Morgan fingerprint density at radius 3 is 2.45 bits per heavy atom. The zero-order valence-electron chi connectivity index (χ0n) is 16.1. The second-order valence-corrected chi connectivity index (χ2v) is 6.49. The van der Waals surface area contributed by atoms with Gasteiger partial charge >= 0.3 is 5.97 Å². The third-order valence-corrected chi connectivity index (χ3v) is 4.35. The molecule has 4 N–H and O–H groups in total. The van der Waals surface area contributed by atoms with Crippen LogP contribution in [0.5, 0.6) is 0 Å². The molecular formula is C22H21N3O4. The number of anilines is 1. The van der Waals surface area contributed by atoms with E-state index in [9.17, 15) is 14.4 Å². The summed E-state index contributed by atoms with van der Waals surface area (Å²) >= 11 is 0. The molecular weight excluding hydrogens is 370 g/mol. The van der Waals surface area contributed by atoms with Gasteiger partial charge in [-0.05, 0) is 41.5 Å². The molecule has 0 unspecified atom stereocenters. The van der Waals surface area contributed by atoms with Crippen LogP contribution in [0.25, 0.3) is 32.9 Å². The largest absolute Gasteiger partial charge is 0.481 e. The number of aromatic amines is 2. The lowest BCUT2D eigenvalue weighted by molar-refractivity contribution is -0.136. The van der Waals surface area contributed by atoms with E-state index in [1.807, 2.05) is 48.5 Å². The molecule has 0 aliphatic rings. The number of benzene rings is 2. The molecule has 0 bridgehead atoms. The number of pyridine rings is 1. The van der Waals surface area contributed by atoms with Gasteiger partial charge in [0.1, 0.15) is 5.52 Å². The highest BCUT2D eigenvalue weighted by Crippen LogP contribution is 2.28. The molecule has 0 aliphatic heterocycles. The Balaban J connectivity index is 0.000000431. The van der Waals surface area contributed by atoms with Gasteiger partial charge in [0, 0.05) is 41.5 Å². The summed E-state index contributed by atoms with van der Waals surface area (Å²) in [6, 6.07) is 15.5. The number of amides is 1. The maximum Gasteiger partial charge on any atom is 0.303 e. The molecule has 0 aliphatic carbocycles. The Hall–Kier alpha value is -3.87. The van der Waals surface area contributed by atoms with Crippen molar-refractivity contribution in [2.24, 2.45) is 0 Å². The summed E-state index contributed by atoms with van der Waals surface area (Å²) in [6.45, 7) is 3.09. The molecule has 29 heavy (non-hydrogen) atoms. The Morgan fingerprint density at radius 2 is 1.76 bits per heavy atom. The molecule has 0 saturated carbocycles. The Morgan fingerprint density at radius 1 is 1.03 bits per heavy atom. The first kappa shape index (κ1) is 19.9. The van der Waals surface area contributed by atoms with Crippen molar-refractivity contribution in [3.8, 4) is 11.1 Å². The Kier molecular flexibility index (Phi) is 5.78. The topological polar surface area (TPSA) is 115 Å². The van der Waals surface area contributed by atoms with Crippen molar-refractivity contribution in [1.29, 1.82) is 0 Å². The van der Waals surface area contributed by atoms with Crippen LogP contribution in [-0.4, -0.2) is 27.0 Å². The number of carboxylic acids is 1. The van der Waals surface area contributed by atoms with Crippen LogP contribution in [0, 0.1) is 0 Å². The van der Waals surface area contributed by atoms with Crippen molar-refractivity contribution in [2.75, 3.05) is 5.32 Å². The molecule has 7 heteroatoms. The number of carboxylic acid groups (broad SMARTS) is 1. The first-order valence-electron chi connectivity index (χ1n) is 9.12. The van der Waals surface area contributed by atoms with E-state index in [0.29, 0.717) is 5.52 Å². The van der Waals surface area contributed by atoms with E-state index in [0.717, 1.165) is 33.1 Å². The first-order chi connectivity index (χ1) is 13.9. The summed E-state index contributed by atoms with van der Waals surface area (Å²) in [5.41, 5.74) is 4.03. The maximum absolute atomic E-state index is 12.0. The standard InChI is InChI=1S/C19H15N3O2.C3H6O2/c1-11(23)21-14-4-2-3-12(9-14)13-5-6-17-16(10-13)15-7-8-20-18(15)19(24)22-17;1-2-3(4)5/h2-10,20H,1H3,(H,21,23)(H,22,24);2H2,1H3,(H,4,5). The molecule has 0 spiro atoms. The van der Waals surface area contributed by atoms with Crippen LogP contribution in [-0.2, 0) is 9.59 Å². The van der Waals surface area contributed by atoms with Gasteiger partial charge in [-0.15, -0.1) is 0 Å². The predicted octanol–water partition coefficient (Wildman–Crippen LogP) is 4.12. The van der Waals surface area contributed by atoms with E-state index < -0.39 is 5.97 Å². The monoisotopic (exact) mass is 391 g/mol. The summed E-state index contributed by atoms with van der Waals surface area (Å²) in [5, 5.41) is 12.4. The van der Waals surface area contributed by atoms with Crippen LogP contribution < -0.4 is 10.9 Å². The molecule has 2 aromatic carbocycles. The Labute approximate surface area is 166 Å². The van der Waals surface area contributed by atoms with Crippen LogP contribution in [0.2, 0.25) is 0 Å². The average Bonchev–Trinajstić information content (AvgIpc) is 3.19. The SMILES string of the molecule is CC(=O)Nc1cccc(-c2ccc3[nH]c(=O)c4[nH]ccc4c3c2)c1.CCC(=O)O. The number of nitrogens with one attached hydrogen (secondary N) is 3. The zero-order valence-corrected chi connectivity index (χ0v) is 16.1. The fourth-order valence-electron chi connectivity index (χ4n) is 3.00. The molecule has 0 saturated heterocycles. The average molecular weight is 391 g/mol. The lowest BCUT2D eigenvalue weighted by Crippen LogP contribution is -2.06. The van der Waals surface area contributed by atoms with Gasteiger partial charge in [0.05, 0.1) is 0 Å². The number of aliphatic carboxylic acids is 1. The van der Waals surface area contributed by atoms with E-state index in [4.69, 9.17) is 5.11 Å². The van der Waals surface area contributed by atoms with E-state index in [1.54, 1.807) is 13.1 Å². The van der Waals surface area contributed by atoms with Gasteiger partial charge in [-0.3, -0.25) is 14.4 Å². The van der Waals surface area contributed by atoms with Crippen molar-refractivity contribution in [2.45, 2.75) is 20.3 Å². The van der Waals surface area contributed by atoms with Crippen molar-refractivity contribution in [1.82, 2.24) is 9.97 Å². The molecule has 4 rings (SSSR count). The molecule has 7 nitrogen and oxygen atoms in total. The van der Waals surface area contributed by atoms with Gasteiger partial charge in [-0.2, -0.15) is 0 Å². The number of carbonyl (C=O) groups excluding carboxylic acids is 1. The summed E-state index contributed by atoms with van der Waals surface area (Å²) < 4.78 is 0. The van der Waals surface area contributed by atoms with E-state index in [2.05, 4.69) is 15.3 Å². The van der Waals surface area contributed by atoms with Gasteiger partial charge in [-0.25, -0.2) is 0 Å². The van der Waals surface area contributed by atoms with Crippen LogP contribution in [0.15, 0.2) is 59.5 Å². The van der Waals surface area contributed by atoms with Gasteiger partial charge in [0.2, 0.25) is 5.91 Å². The number of carbonyl (C=O) groups is 2. The minimum absolute atomic E-state index is 0.0998. The number of fused-ring (bicyclic) bond motifs is 3. The number of aromatic nitrogens is 2. The van der Waals surface area contributed by atoms with E-state index >= 15 is 0 Å². The first-order valence-corrected chi connectivity index (χ1v) is 9.12.